The van der Waals surface area contributed by atoms with Gasteiger partial charge in [-0.05, 0) is 27.7 Å². The molecule has 30 heavy (non-hydrogen) atoms. The van der Waals surface area contributed by atoms with Gasteiger partial charge >= 0.3 is 5.97 Å². The molecule has 5 nitrogen and oxygen atoms in total. The number of ether oxygens (including phenoxy) is 1. The Hall–Kier alpha value is -3.18. The monoisotopic (exact) mass is 405 g/mol. The lowest BCUT2D eigenvalue weighted by Crippen LogP contribution is -2.87. The first-order chi connectivity index (χ1) is 14.4. The van der Waals surface area contributed by atoms with Gasteiger partial charge in [-0.2, -0.15) is 0 Å². The number of esters is 1. The highest BCUT2D eigenvalue weighted by Crippen LogP contribution is 2.21. The Morgan fingerprint density at radius 3 is 2.13 bits per heavy atom. The minimum Gasteiger partial charge on any atom is -0.462 e. The van der Waals surface area contributed by atoms with Gasteiger partial charge in [0.25, 0.3) is 0 Å². The number of carbonyl (C=O) groups is 2. The average Bonchev–Trinajstić information content (AvgIpc) is 3.04. The number of quaternary nitrogens is 1. The number of nitrogens with two attached hydrogens (primary N) is 1. The third-order valence-electron chi connectivity index (χ3n) is 5.27. The first-order valence-electron chi connectivity index (χ1n) is 10.3. The number of carbonyl (C=O) groups excluding carboxylic acids is 2. The second-order valence-corrected chi connectivity index (χ2v) is 7.51. The zero-order valence-corrected chi connectivity index (χ0v) is 18.0. The quantitative estimate of drug-likeness (QED) is 0.444. The largest absolute Gasteiger partial charge is 0.462 e. The van der Waals surface area contributed by atoms with E-state index < -0.39 is 5.97 Å². The van der Waals surface area contributed by atoms with Gasteiger partial charge in [-0.15, -0.1) is 0 Å². The van der Waals surface area contributed by atoms with Crippen molar-refractivity contribution in [3.05, 3.63) is 93.8 Å². The number of aromatic amines is 1. The molecule has 3 aromatic rings. The highest BCUT2D eigenvalue weighted by molar-refractivity contribution is 6.08. The molecule has 0 aliphatic carbocycles. The molecule has 5 heteroatoms. The molecule has 156 valence electrons. The summed E-state index contributed by atoms with van der Waals surface area (Å²) in [5.41, 5.74) is 5.58. The zero-order chi connectivity index (χ0) is 21.7. The predicted octanol–water partition coefficient (Wildman–Crippen LogP) is 3.65. The van der Waals surface area contributed by atoms with E-state index >= 15 is 0 Å². The highest BCUT2D eigenvalue weighted by atomic mass is 16.5. The number of rotatable bonds is 8. The molecule has 0 saturated carbocycles. The van der Waals surface area contributed by atoms with Crippen LogP contribution in [0, 0.1) is 20.8 Å². The van der Waals surface area contributed by atoms with E-state index in [1.165, 1.54) is 5.56 Å². The van der Waals surface area contributed by atoms with Crippen LogP contribution in [0.25, 0.3) is 0 Å². The topological polar surface area (TPSA) is 75.8 Å². The van der Waals surface area contributed by atoms with Gasteiger partial charge in [-0.3, -0.25) is 4.79 Å². The van der Waals surface area contributed by atoms with Crippen molar-refractivity contribution < 1.29 is 19.6 Å². The van der Waals surface area contributed by atoms with Gasteiger partial charge in [0, 0.05) is 22.5 Å². The van der Waals surface area contributed by atoms with Crippen LogP contribution in [0.15, 0.2) is 54.6 Å². The summed E-state index contributed by atoms with van der Waals surface area (Å²) in [6.07, 6.45) is 0. The van der Waals surface area contributed by atoms with Crippen molar-refractivity contribution in [1.82, 2.24) is 4.98 Å². The molecule has 0 radical (unpaired) electrons. The van der Waals surface area contributed by atoms with Crippen LogP contribution in [-0.2, 0) is 4.74 Å². The molecule has 0 aliphatic rings. The Kier molecular flexibility index (Phi) is 6.85. The maximum absolute atomic E-state index is 13.2. The number of hydrogen-bond acceptors (Lipinski definition) is 3. The van der Waals surface area contributed by atoms with Crippen LogP contribution in [-0.4, -0.2) is 29.9 Å². The van der Waals surface area contributed by atoms with E-state index in [9.17, 15) is 9.59 Å². The number of hydrogen-bond donors (Lipinski definition) is 2. The second kappa shape index (κ2) is 9.55. The predicted molar refractivity (Wildman–Crippen MR) is 117 cm³/mol. The molecule has 0 unspecified atom stereocenters. The van der Waals surface area contributed by atoms with Crippen LogP contribution in [0.1, 0.15) is 61.8 Å². The van der Waals surface area contributed by atoms with E-state index in [0.717, 1.165) is 11.1 Å². The molecule has 1 atom stereocenters. The van der Waals surface area contributed by atoms with E-state index in [-0.39, 0.29) is 25.0 Å². The number of aryl methyl sites for hydroxylation is 3. The molecule has 3 rings (SSSR count). The molecule has 2 aromatic carbocycles. The van der Waals surface area contributed by atoms with Crippen molar-refractivity contribution in [3.8, 4) is 0 Å². The first kappa shape index (κ1) is 21.5. The van der Waals surface area contributed by atoms with Crippen LogP contribution >= 0.6 is 0 Å². The van der Waals surface area contributed by atoms with E-state index in [2.05, 4.69) is 48.3 Å². The first-order valence-corrected chi connectivity index (χ1v) is 10.3. The second-order valence-electron chi connectivity index (χ2n) is 7.51. The van der Waals surface area contributed by atoms with Crippen molar-refractivity contribution in [2.45, 2.75) is 33.7 Å². The number of nitrogens with one attached hydrogen (secondary N) is 1. The molecule has 0 spiro atoms. The smallest absolute Gasteiger partial charge is 0.340 e. The van der Waals surface area contributed by atoms with Crippen molar-refractivity contribution in [2.24, 2.45) is 0 Å². The van der Waals surface area contributed by atoms with Crippen molar-refractivity contribution in [2.75, 3.05) is 13.2 Å². The third kappa shape index (κ3) is 4.69. The average molecular weight is 406 g/mol. The van der Waals surface area contributed by atoms with E-state index in [1.54, 1.807) is 13.8 Å². The summed E-state index contributed by atoms with van der Waals surface area (Å²) in [4.78, 5) is 28.7. The van der Waals surface area contributed by atoms with Crippen LogP contribution < -0.4 is 5.32 Å². The van der Waals surface area contributed by atoms with Crippen LogP contribution in [0.5, 0.6) is 0 Å². The number of ketones is 1. The lowest BCUT2D eigenvalue weighted by molar-refractivity contribution is -0.675. The lowest BCUT2D eigenvalue weighted by atomic mass is 9.97. The minimum atomic E-state index is -0.458. The van der Waals surface area contributed by atoms with Gasteiger partial charge in [-0.25, -0.2) is 4.79 Å². The summed E-state index contributed by atoms with van der Waals surface area (Å²) in [7, 11) is 0. The third-order valence-corrected chi connectivity index (χ3v) is 5.27. The number of Topliss-reactive ketones (excluding diaryl/α,β-unsaturated/α-hetero) is 1. The van der Waals surface area contributed by atoms with Gasteiger partial charge in [0.05, 0.1) is 17.7 Å². The van der Waals surface area contributed by atoms with Crippen LogP contribution in [0.3, 0.4) is 0 Å². The molecule has 0 bridgehead atoms. The van der Waals surface area contributed by atoms with Crippen LogP contribution in [0.4, 0.5) is 0 Å². The molecule has 0 aliphatic heterocycles. The Labute approximate surface area is 177 Å². The highest BCUT2D eigenvalue weighted by Gasteiger charge is 2.27. The standard InChI is InChI=1S/C25H28N2O3/c1-5-30-25(29)23-18(4)27-17(3)22(23)21(28)15-26-24(19-9-7-6-8-10-19)20-13-11-16(2)12-14-20/h6-14,24,26-27H,5,15H2,1-4H3/p+1/t24-/m1/s1. The van der Waals surface area contributed by atoms with E-state index in [1.807, 2.05) is 30.4 Å². The summed E-state index contributed by atoms with van der Waals surface area (Å²) in [5.74, 6) is -0.547. The lowest BCUT2D eigenvalue weighted by Gasteiger charge is -2.17. The maximum atomic E-state index is 13.2. The molecular formula is C25H29N2O3+. The summed E-state index contributed by atoms with van der Waals surface area (Å²) in [6.45, 7) is 7.91. The Morgan fingerprint density at radius 2 is 1.50 bits per heavy atom. The number of H-pyrrole nitrogens is 1. The fourth-order valence-corrected chi connectivity index (χ4v) is 3.81. The number of benzene rings is 2. The van der Waals surface area contributed by atoms with Crippen LogP contribution in [0.2, 0.25) is 0 Å². The fourth-order valence-electron chi connectivity index (χ4n) is 3.81. The van der Waals surface area contributed by atoms with Crippen molar-refractivity contribution in [1.29, 1.82) is 0 Å². The summed E-state index contributed by atoms with van der Waals surface area (Å²) in [5, 5.41) is 2.03. The van der Waals surface area contributed by atoms with Gasteiger partial charge in [-0.1, -0.05) is 60.2 Å². The SMILES string of the molecule is CCOC(=O)c1c(C)[nH]c(C)c1C(=O)C[NH2+][C@H](c1ccccc1)c1ccc(C)cc1. The van der Waals surface area contributed by atoms with Crippen molar-refractivity contribution in [3.63, 3.8) is 0 Å². The van der Waals surface area contributed by atoms with Gasteiger partial charge in [0.15, 0.2) is 0 Å². The zero-order valence-electron chi connectivity index (χ0n) is 18.0. The van der Waals surface area contributed by atoms with E-state index in [0.29, 0.717) is 22.5 Å². The summed E-state index contributed by atoms with van der Waals surface area (Å²) in [6, 6.07) is 18.5. The van der Waals surface area contributed by atoms with Gasteiger partial charge in [0.2, 0.25) is 5.78 Å². The van der Waals surface area contributed by atoms with E-state index in [4.69, 9.17) is 4.74 Å². The Morgan fingerprint density at radius 1 is 0.900 bits per heavy atom. The summed E-state index contributed by atoms with van der Waals surface area (Å²) < 4.78 is 5.17. The molecule has 1 heterocycles. The van der Waals surface area contributed by atoms with Crippen molar-refractivity contribution >= 4 is 11.8 Å². The Balaban J connectivity index is 1.87. The van der Waals surface area contributed by atoms with Gasteiger partial charge in [0.1, 0.15) is 12.6 Å². The van der Waals surface area contributed by atoms with Gasteiger partial charge < -0.3 is 15.0 Å². The molecule has 0 saturated heterocycles. The molecule has 3 N–H and O–H groups in total. The number of aromatic nitrogens is 1. The Bertz CT molecular complexity index is 1020. The molecule has 1 aromatic heterocycles. The molecule has 0 amide bonds. The summed E-state index contributed by atoms with van der Waals surface area (Å²) >= 11 is 0. The maximum Gasteiger partial charge on any atom is 0.340 e. The molecule has 0 fully saturated rings. The minimum absolute atomic E-state index is 0.0119. The normalized spacial score (nSPS) is 11.9. The fraction of sp³-hybridized carbons (Fsp3) is 0.280. The molecular weight excluding hydrogens is 376 g/mol.